The molecular formula is C30H28N2O2. The van der Waals surface area contributed by atoms with Crippen LogP contribution in [-0.2, 0) is 11.2 Å². The van der Waals surface area contributed by atoms with Gasteiger partial charge in [-0.15, -0.1) is 0 Å². The van der Waals surface area contributed by atoms with E-state index in [2.05, 4.69) is 58.1 Å². The van der Waals surface area contributed by atoms with Gasteiger partial charge < -0.3 is 9.47 Å². The van der Waals surface area contributed by atoms with Gasteiger partial charge in [0.05, 0.1) is 36.5 Å². The van der Waals surface area contributed by atoms with Crippen molar-refractivity contribution in [3.8, 4) is 17.9 Å². The van der Waals surface area contributed by atoms with Crippen LogP contribution < -0.4 is 4.74 Å². The van der Waals surface area contributed by atoms with E-state index in [4.69, 9.17) is 9.47 Å². The van der Waals surface area contributed by atoms with E-state index in [1.807, 2.05) is 24.3 Å². The predicted octanol–water partition coefficient (Wildman–Crippen LogP) is 7.10. The van der Waals surface area contributed by atoms with Crippen LogP contribution >= 0.6 is 0 Å². The van der Waals surface area contributed by atoms with Gasteiger partial charge in [-0.25, -0.2) is 0 Å². The molecule has 2 aliphatic rings. The van der Waals surface area contributed by atoms with Gasteiger partial charge in [-0.1, -0.05) is 58.1 Å². The normalized spacial score (nSPS) is 16.1. The number of rotatable bonds is 6. The zero-order valence-electron chi connectivity index (χ0n) is 20.1. The first-order valence-electron chi connectivity index (χ1n) is 12.0. The van der Waals surface area contributed by atoms with Crippen molar-refractivity contribution in [1.29, 1.82) is 10.5 Å². The molecular weight excluding hydrogens is 420 g/mol. The van der Waals surface area contributed by atoms with E-state index >= 15 is 0 Å². The fourth-order valence-corrected chi connectivity index (χ4v) is 5.10. The third kappa shape index (κ3) is 3.47. The fourth-order valence-electron chi connectivity index (χ4n) is 5.10. The quantitative estimate of drug-likeness (QED) is 0.377. The van der Waals surface area contributed by atoms with Crippen LogP contribution in [-0.4, -0.2) is 13.2 Å². The molecule has 4 heteroatoms. The maximum Gasteiger partial charge on any atom is 0.128 e. The average Bonchev–Trinajstić information content (AvgIpc) is 2.84. The van der Waals surface area contributed by atoms with Crippen LogP contribution in [0, 0.1) is 34.5 Å². The van der Waals surface area contributed by atoms with Crippen LogP contribution in [0.5, 0.6) is 5.75 Å². The number of nitrogens with zero attached hydrogens (tertiary/aromatic N) is 2. The van der Waals surface area contributed by atoms with Gasteiger partial charge in [-0.05, 0) is 63.1 Å². The van der Waals surface area contributed by atoms with Gasteiger partial charge in [0.2, 0.25) is 0 Å². The standard InChI is InChI=1S/C30H28N2O2/c1-17(2)15-33-25-11-9-23-22-8-6-20(14-32)28-26(34-16-18(3)4)12-10-24(30(22)28)21-7-5-19(13-31)27(25)29(21)23/h5-7,9-12,17-18,25H,8,15-16H2,1-4H3. The van der Waals surface area contributed by atoms with Gasteiger partial charge in [0, 0.05) is 11.1 Å². The second-order valence-electron chi connectivity index (χ2n) is 9.96. The van der Waals surface area contributed by atoms with Crippen molar-refractivity contribution < 1.29 is 9.47 Å². The maximum absolute atomic E-state index is 9.93. The highest BCUT2D eigenvalue weighted by molar-refractivity contribution is 6.19. The molecule has 0 aromatic heterocycles. The zero-order valence-corrected chi connectivity index (χ0v) is 20.1. The van der Waals surface area contributed by atoms with E-state index in [-0.39, 0.29) is 6.10 Å². The Morgan fingerprint density at radius 2 is 1.68 bits per heavy atom. The van der Waals surface area contributed by atoms with E-state index in [9.17, 15) is 10.5 Å². The first kappa shape index (κ1) is 22.2. The molecule has 0 amide bonds. The van der Waals surface area contributed by atoms with Crippen molar-refractivity contribution in [2.75, 3.05) is 13.2 Å². The Balaban J connectivity index is 1.83. The molecule has 0 N–H and O–H groups in total. The minimum absolute atomic E-state index is 0.250. The van der Waals surface area contributed by atoms with E-state index < -0.39 is 0 Å². The lowest BCUT2D eigenvalue weighted by atomic mass is 9.78. The van der Waals surface area contributed by atoms with E-state index in [1.165, 1.54) is 5.56 Å². The summed E-state index contributed by atoms with van der Waals surface area (Å²) in [6, 6.07) is 12.8. The van der Waals surface area contributed by atoms with Crippen molar-refractivity contribution >= 4 is 33.2 Å². The van der Waals surface area contributed by atoms with Crippen LogP contribution in [0.15, 0.2) is 36.4 Å². The molecule has 3 aromatic carbocycles. The molecule has 34 heavy (non-hydrogen) atoms. The topological polar surface area (TPSA) is 66.0 Å². The minimum atomic E-state index is -0.250. The molecule has 0 radical (unpaired) electrons. The number of benzene rings is 3. The Labute approximate surface area is 200 Å². The molecule has 0 fully saturated rings. The van der Waals surface area contributed by atoms with Gasteiger partial charge in [-0.3, -0.25) is 0 Å². The Bertz CT molecular complexity index is 1460. The number of hydrogen-bond donors (Lipinski definition) is 0. The van der Waals surface area contributed by atoms with Gasteiger partial charge in [0.25, 0.3) is 0 Å². The molecule has 1 atom stereocenters. The first-order chi connectivity index (χ1) is 16.4. The summed E-state index contributed by atoms with van der Waals surface area (Å²) < 4.78 is 12.4. The fraction of sp³-hybridized carbons (Fsp3) is 0.333. The monoisotopic (exact) mass is 448 g/mol. The predicted molar refractivity (Wildman–Crippen MR) is 136 cm³/mol. The lowest BCUT2D eigenvalue weighted by molar-refractivity contribution is 0.0657. The van der Waals surface area contributed by atoms with Crippen LogP contribution in [0.1, 0.15) is 61.6 Å². The Morgan fingerprint density at radius 3 is 2.38 bits per heavy atom. The van der Waals surface area contributed by atoms with Crippen molar-refractivity contribution in [2.24, 2.45) is 11.8 Å². The van der Waals surface area contributed by atoms with Gasteiger partial charge >= 0.3 is 0 Å². The number of hydrogen-bond acceptors (Lipinski definition) is 4. The molecule has 5 rings (SSSR count). The highest BCUT2D eigenvalue weighted by Crippen LogP contribution is 2.48. The van der Waals surface area contributed by atoms with Crippen LogP contribution in [0.25, 0.3) is 33.2 Å². The van der Waals surface area contributed by atoms with Crippen molar-refractivity contribution in [2.45, 2.75) is 40.2 Å². The van der Waals surface area contributed by atoms with Gasteiger partial charge in [-0.2, -0.15) is 10.5 Å². The van der Waals surface area contributed by atoms with E-state index in [0.29, 0.717) is 42.6 Å². The third-order valence-corrected chi connectivity index (χ3v) is 6.52. The summed E-state index contributed by atoms with van der Waals surface area (Å²) in [5.74, 6) is 1.54. The van der Waals surface area contributed by atoms with Crippen molar-refractivity contribution in [3.05, 3.63) is 64.2 Å². The molecule has 1 unspecified atom stereocenters. The summed E-state index contributed by atoms with van der Waals surface area (Å²) in [7, 11) is 0. The number of nitriles is 2. The summed E-state index contributed by atoms with van der Waals surface area (Å²) in [4.78, 5) is 0. The maximum atomic E-state index is 9.93. The minimum Gasteiger partial charge on any atom is -0.493 e. The average molecular weight is 449 g/mol. The molecule has 0 spiro atoms. The molecule has 0 heterocycles. The summed E-state index contributed by atoms with van der Waals surface area (Å²) in [5.41, 5.74) is 5.45. The Kier molecular flexibility index (Phi) is 5.64. The highest BCUT2D eigenvalue weighted by Gasteiger charge is 2.29. The van der Waals surface area contributed by atoms with Crippen LogP contribution in [0.3, 0.4) is 0 Å². The summed E-state index contributed by atoms with van der Waals surface area (Å²) in [6.45, 7) is 9.71. The lowest BCUT2D eigenvalue weighted by Crippen LogP contribution is -2.14. The smallest absolute Gasteiger partial charge is 0.128 e. The van der Waals surface area contributed by atoms with E-state index in [0.717, 1.165) is 44.0 Å². The van der Waals surface area contributed by atoms with Gasteiger partial charge in [0.1, 0.15) is 11.9 Å². The molecule has 170 valence electrons. The lowest BCUT2D eigenvalue weighted by Gasteiger charge is -2.28. The second-order valence-corrected chi connectivity index (χ2v) is 9.96. The second kappa shape index (κ2) is 8.64. The number of fused-ring (bicyclic) bond motifs is 2. The third-order valence-electron chi connectivity index (χ3n) is 6.52. The van der Waals surface area contributed by atoms with Gasteiger partial charge in [0.15, 0.2) is 0 Å². The molecule has 0 saturated carbocycles. The van der Waals surface area contributed by atoms with Crippen molar-refractivity contribution in [3.63, 3.8) is 0 Å². The largest absolute Gasteiger partial charge is 0.493 e. The van der Waals surface area contributed by atoms with Crippen LogP contribution in [0.2, 0.25) is 0 Å². The summed E-state index contributed by atoms with van der Waals surface area (Å²) in [6.07, 6.45) is 6.64. The molecule has 0 bridgehead atoms. The number of ether oxygens (including phenoxy) is 2. The zero-order chi connectivity index (χ0) is 24.0. The SMILES string of the molecule is CC(C)COc1ccc2c3c(c4c5c(c(C#N)ccc52)C(OCC(C)C)C=C4)CC=C(C#N)c13. The Morgan fingerprint density at radius 1 is 0.941 bits per heavy atom. The molecule has 2 aliphatic carbocycles. The highest BCUT2D eigenvalue weighted by atomic mass is 16.5. The molecule has 0 saturated heterocycles. The summed E-state index contributed by atoms with van der Waals surface area (Å²) >= 11 is 0. The Hall–Kier alpha value is -3.60. The molecule has 0 aliphatic heterocycles. The van der Waals surface area contributed by atoms with Crippen LogP contribution in [0.4, 0.5) is 0 Å². The number of allylic oxidation sites excluding steroid dienone is 2. The molecule has 4 nitrogen and oxygen atoms in total. The van der Waals surface area contributed by atoms with Crippen molar-refractivity contribution in [1.82, 2.24) is 0 Å². The molecule has 3 aromatic rings. The van der Waals surface area contributed by atoms with E-state index in [1.54, 1.807) is 0 Å². The first-order valence-corrected chi connectivity index (χ1v) is 12.0. The summed E-state index contributed by atoms with van der Waals surface area (Å²) in [5, 5.41) is 24.2.